The van der Waals surface area contributed by atoms with Gasteiger partial charge in [0, 0.05) is 17.6 Å². The van der Waals surface area contributed by atoms with Crippen molar-refractivity contribution in [3.05, 3.63) is 0 Å². The molecule has 0 amide bonds. The van der Waals surface area contributed by atoms with E-state index in [0.29, 0.717) is 11.0 Å². The standard InChI is InChI=1S/C11H23NO3S/c1-5-12-11(3,10(14)15-4)8-16-9(2)6-7-13/h9,12-13H,5-8H2,1-4H3. The number of carbonyl (C=O) groups is 1. The third-order valence-electron chi connectivity index (χ3n) is 2.40. The lowest BCUT2D eigenvalue weighted by molar-refractivity contribution is -0.146. The first-order chi connectivity index (χ1) is 7.50. The molecule has 96 valence electrons. The van der Waals surface area contributed by atoms with Crippen LogP contribution in [0.25, 0.3) is 0 Å². The zero-order valence-corrected chi connectivity index (χ0v) is 11.4. The minimum absolute atomic E-state index is 0.185. The van der Waals surface area contributed by atoms with Crippen molar-refractivity contribution < 1.29 is 14.6 Å². The Balaban J connectivity index is 4.27. The molecule has 0 spiro atoms. The van der Waals surface area contributed by atoms with Gasteiger partial charge in [0.1, 0.15) is 5.54 Å². The van der Waals surface area contributed by atoms with Gasteiger partial charge in [-0.25, -0.2) is 0 Å². The highest BCUT2D eigenvalue weighted by atomic mass is 32.2. The second-order valence-electron chi connectivity index (χ2n) is 3.99. The molecule has 0 aromatic heterocycles. The largest absolute Gasteiger partial charge is 0.468 e. The van der Waals surface area contributed by atoms with E-state index in [1.54, 1.807) is 11.8 Å². The molecule has 0 rings (SSSR count). The number of likely N-dealkylation sites (N-methyl/N-ethyl adjacent to an activating group) is 1. The molecule has 0 radical (unpaired) electrons. The van der Waals surface area contributed by atoms with E-state index in [1.807, 2.05) is 20.8 Å². The molecule has 5 heteroatoms. The fraction of sp³-hybridized carbons (Fsp3) is 0.909. The molecule has 0 saturated heterocycles. The van der Waals surface area contributed by atoms with Crippen LogP contribution in [-0.4, -0.2) is 47.9 Å². The van der Waals surface area contributed by atoms with Crippen LogP contribution < -0.4 is 5.32 Å². The van der Waals surface area contributed by atoms with Crippen molar-refractivity contribution >= 4 is 17.7 Å². The summed E-state index contributed by atoms with van der Waals surface area (Å²) in [6.45, 7) is 6.76. The van der Waals surface area contributed by atoms with Crippen LogP contribution in [0.2, 0.25) is 0 Å². The molecule has 0 bridgehead atoms. The number of esters is 1. The Morgan fingerprint density at radius 2 is 2.25 bits per heavy atom. The Morgan fingerprint density at radius 1 is 1.62 bits per heavy atom. The summed E-state index contributed by atoms with van der Waals surface area (Å²) in [5.41, 5.74) is -0.641. The van der Waals surface area contributed by atoms with Crippen molar-refractivity contribution in [2.45, 2.75) is 38.0 Å². The average Bonchev–Trinajstić information content (AvgIpc) is 2.26. The Bertz CT molecular complexity index is 213. The number of carbonyl (C=O) groups excluding carboxylic acids is 1. The first-order valence-corrected chi connectivity index (χ1v) is 6.61. The minimum Gasteiger partial charge on any atom is -0.468 e. The number of thioether (sulfide) groups is 1. The van der Waals surface area contributed by atoms with Crippen LogP contribution in [0.3, 0.4) is 0 Å². The molecule has 0 aliphatic carbocycles. The summed E-state index contributed by atoms with van der Waals surface area (Å²) >= 11 is 1.67. The van der Waals surface area contributed by atoms with Gasteiger partial charge in [-0.1, -0.05) is 13.8 Å². The normalized spacial score (nSPS) is 16.6. The quantitative estimate of drug-likeness (QED) is 0.629. The van der Waals surface area contributed by atoms with Gasteiger partial charge in [-0.05, 0) is 19.9 Å². The highest BCUT2D eigenvalue weighted by Crippen LogP contribution is 2.21. The van der Waals surface area contributed by atoms with E-state index in [1.165, 1.54) is 7.11 Å². The predicted molar refractivity (Wildman–Crippen MR) is 67.7 cm³/mol. The molecule has 2 N–H and O–H groups in total. The second kappa shape index (κ2) is 7.92. The second-order valence-corrected chi connectivity index (χ2v) is 5.41. The molecule has 16 heavy (non-hydrogen) atoms. The van der Waals surface area contributed by atoms with Gasteiger partial charge >= 0.3 is 5.97 Å². The Labute approximate surface area is 102 Å². The van der Waals surface area contributed by atoms with E-state index in [4.69, 9.17) is 9.84 Å². The van der Waals surface area contributed by atoms with Gasteiger partial charge in [0.2, 0.25) is 0 Å². The number of nitrogens with one attached hydrogen (secondary N) is 1. The van der Waals surface area contributed by atoms with Crippen molar-refractivity contribution in [3.63, 3.8) is 0 Å². The van der Waals surface area contributed by atoms with Crippen LogP contribution in [0.4, 0.5) is 0 Å². The molecule has 2 unspecified atom stereocenters. The van der Waals surface area contributed by atoms with Crippen LogP contribution >= 0.6 is 11.8 Å². The maximum atomic E-state index is 11.6. The highest BCUT2D eigenvalue weighted by Gasteiger charge is 2.33. The zero-order chi connectivity index (χ0) is 12.6. The molecule has 0 aromatic carbocycles. The lowest BCUT2D eigenvalue weighted by atomic mass is 10.1. The number of methoxy groups -OCH3 is 1. The van der Waals surface area contributed by atoms with Crippen molar-refractivity contribution in [2.24, 2.45) is 0 Å². The van der Waals surface area contributed by atoms with Crippen molar-refractivity contribution in [1.29, 1.82) is 0 Å². The molecule has 0 aromatic rings. The van der Waals surface area contributed by atoms with Crippen molar-refractivity contribution in [2.75, 3.05) is 26.0 Å². The van der Waals surface area contributed by atoms with Crippen LogP contribution in [0.15, 0.2) is 0 Å². The van der Waals surface area contributed by atoms with E-state index in [9.17, 15) is 4.79 Å². The molecule has 4 nitrogen and oxygen atoms in total. The first-order valence-electron chi connectivity index (χ1n) is 5.56. The Kier molecular flexibility index (Phi) is 7.80. The van der Waals surface area contributed by atoms with Gasteiger partial charge < -0.3 is 15.2 Å². The molecule has 0 heterocycles. The van der Waals surface area contributed by atoms with E-state index >= 15 is 0 Å². The maximum Gasteiger partial charge on any atom is 0.326 e. The summed E-state index contributed by atoms with van der Waals surface area (Å²) in [6.07, 6.45) is 0.744. The fourth-order valence-corrected chi connectivity index (χ4v) is 2.48. The van der Waals surface area contributed by atoms with Gasteiger partial charge in [0.05, 0.1) is 7.11 Å². The van der Waals surface area contributed by atoms with Crippen LogP contribution in [0, 0.1) is 0 Å². The van der Waals surface area contributed by atoms with Crippen LogP contribution in [0.5, 0.6) is 0 Å². The minimum atomic E-state index is -0.641. The molecule has 0 aliphatic rings. The SMILES string of the molecule is CCNC(C)(CSC(C)CCO)C(=O)OC. The predicted octanol–water partition coefficient (Wildman–Crippen LogP) is 1.03. The third-order valence-corrected chi connectivity index (χ3v) is 3.94. The van der Waals surface area contributed by atoms with Crippen LogP contribution in [-0.2, 0) is 9.53 Å². The molecule has 0 aliphatic heterocycles. The highest BCUT2D eigenvalue weighted by molar-refractivity contribution is 8.00. The summed E-state index contributed by atoms with van der Waals surface area (Å²) in [5.74, 6) is 0.410. The number of rotatable bonds is 8. The van der Waals surface area contributed by atoms with E-state index in [2.05, 4.69) is 5.32 Å². The lowest BCUT2D eigenvalue weighted by Crippen LogP contribution is -2.52. The number of hydrogen-bond donors (Lipinski definition) is 2. The third kappa shape index (κ3) is 5.18. The maximum absolute atomic E-state index is 11.6. The van der Waals surface area contributed by atoms with Gasteiger partial charge in [0.15, 0.2) is 0 Å². The van der Waals surface area contributed by atoms with Gasteiger partial charge in [-0.3, -0.25) is 4.79 Å². The number of aliphatic hydroxyl groups is 1. The summed E-state index contributed by atoms with van der Waals surface area (Å²) < 4.78 is 4.80. The molecule has 2 atom stereocenters. The number of ether oxygens (including phenoxy) is 1. The van der Waals surface area contributed by atoms with Crippen molar-refractivity contribution in [3.8, 4) is 0 Å². The smallest absolute Gasteiger partial charge is 0.326 e. The van der Waals surface area contributed by atoms with E-state index < -0.39 is 5.54 Å². The lowest BCUT2D eigenvalue weighted by Gasteiger charge is -2.28. The Morgan fingerprint density at radius 3 is 2.69 bits per heavy atom. The summed E-state index contributed by atoms with van der Waals surface area (Å²) in [7, 11) is 1.40. The fourth-order valence-electron chi connectivity index (χ4n) is 1.37. The monoisotopic (exact) mass is 249 g/mol. The summed E-state index contributed by atoms with van der Waals surface area (Å²) in [4.78, 5) is 11.6. The van der Waals surface area contributed by atoms with Gasteiger partial charge in [-0.15, -0.1) is 0 Å². The average molecular weight is 249 g/mol. The summed E-state index contributed by atoms with van der Waals surface area (Å²) in [5, 5.41) is 12.3. The van der Waals surface area contributed by atoms with Gasteiger partial charge in [-0.2, -0.15) is 11.8 Å². The van der Waals surface area contributed by atoms with Gasteiger partial charge in [0.25, 0.3) is 0 Å². The number of aliphatic hydroxyl groups excluding tert-OH is 1. The van der Waals surface area contributed by atoms with Crippen molar-refractivity contribution in [1.82, 2.24) is 5.32 Å². The topological polar surface area (TPSA) is 58.6 Å². The molecule has 0 saturated carbocycles. The Hall–Kier alpha value is -0.260. The molecular formula is C11H23NO3S. The zero-order valence-electron chi connectivity index (χ0n) is 10.6. The molecular weight excluding hydrogens is 226 g/mol. The van der Waals surface area contributed by atoms with Crippen LogP contribution in [0.1, 0.15) is 27.2 Å². The first kappa shape index (κ1) is 15.7. The van der Waals surface area contributed by atoms with E-state index in [0.717, 1.165) is 13.0 Å². The van der Waals surface area contributed by atoms with E-state index in [-0.39, 0.29) is 12.6 Å². The summed E-state index contributed by atoms with van der Waals surface area (Å²) in [6, 6.07) is 0. The number of hydrogen-bond acceptors (Lipinski definition) is 5. The molecule has 0 fully saturated rings.